The molecule has 0 saturated carbocycles. The molecule has 0 N–H and O–H groups in total. The van der Waals surface area contributed by atoms with Crippen molar-refractivity contribution in [1.29, 1.82) is 0 Å². The molecule has 1 aromatic heterocycles. The third-order valence-corrected chi connectivity index (χ3v) is 2.98. The normalized spacial score (nSPS) is 10.1. The molecule has 2 rings (SSSR count). The summed E-state index contributed by atoms with van der Waals surface area (Å²) in [6.07, 6.45) is 1.34. The number of halogens is 1. The maximum atomic E-state index is 12.6. The summed E-state index contributed by atoms with van der Waals surface area (Å²) in [7, 11) is 4.32. The van der Waals surface area contributed by atoms with Gasteiger partial charge in [-0.25, -0.2) is 4.98 Å². The Morgan fingerprint density at radius 2 is 1.90 bits per heavy atom. The lowest BCUT2D eigenvalue weighted by Gasteiger charge is -2.10. The van der Waals surface area contributed by atoms with E-state index < -0.39 is 5.78 Å². The van der Waals surface area contributed by atoms with Crippen molar-refractivity contribution in [3.05, 3.63) is 40.7 Å². The smallest absolute Gasteiger partial charge is 0.247 e. The number of benzene rings is 1. The van der Waals surface area contributed by atoms with Crippen molar-refractivity contribution in [2.45, 2.75) is 0 Å². The van der Waals surface area contributed by atoms with Gasteiger partial charge in [0.15, 0.2) is 5.69 Å². The molecule has 7 heteroatoms. The predicted octanol–water partition coefficient (Wildman–Crippen LogP) is 2.39. The average Bonchev–Trinajstić information content (AvgIpc) is 2.53. The van der Waals surface area contributed by atoms with Crippen molar-refractivity contribution in [3.8, 4) is 17.5 Å². The monoisotopic (exact) mass is 308 g/mol. The molecule has 1 aromatic carbocycles. The minimum Gasteiger partial charge on any atom is -0.496 e. The lowest BCUT2D eigenvalue weighted by Crippen LogP contribution is -2.10. The van der Waals surface area contributed by atoms with Crippen LogP contribution in [0.25, 0.3) is 0 Å². The van der Waals surface area contributed by atoms with Gasteiger partial charge >= 0.3 is 0 Å². The van der Waals surface area contributed by atoms with Crippen LogP contribution in [-0.4, -0.2) is 37.1 Å². The van der Waals surface area contributed by atoms with Crippen LogP contribution < -0.4 is 14.2 Å². The van der Waals surface area contributed by atoms with Gasteiger partial charge in [0.2, 0.25) is 17.5 Å². The Bertz CT molecular complexity index is 676. The lowest BCUT2D eigenvalue weighted by molar-refractivity contribution is 0.102. The van der Waals surface area contributed by atoms with E-state index >= 15 is 0 Å². The molecule has 0 bridgehead atoms. The third-order valence-electron chi connectivity index (χ3n) is 2.74. The quantitative estimate of drug-likeness (QED) is 0.790. The van der Waals surface area contributed by atoms with Gasteiger partial charge in [-0.05, 0) is 18.2 Å². The van der Waals surface area contributed by atoms with Crippen LogP contribution in [0.15, 0.2) is 24.4 Å². The summed E-state index contributed by atoms with van der Waals surface area (Å²) in [4.78, 5) is 20.7. The highest BCUT2D eigenvalue weighted by Gasteiger charge is 2.22. The topological polar surface area (TPSA) is 70.5 Å². The maximum Gasteiger partial charge on any atom is 0.247 e. The molecule has 0 radical (unpaired) electrons. The first-order valence-corrected chi connectivity index (χ1v) is 6.31. The number of aromatic nitrogens is 2. The zero-order chi connectivity index (χ0) is 15.4. The number of nitrogens with zero attached hydrogens (tertiary/aromatic N) is 2. The van der Waals surface area contributed by atoms with E-state index in [1.165, 1.54) is 33.6 Å². The summed E-state index contributed by atoms with van der Waals surface area (Å²) in [6, 6.07) is 4.75. The SMILES string of the molecule is COc1cnc(C(=O)c2cc(Cl)ccc2OC)c(OC)n1. The number of rotatable bonds is 5. The maximum absolute atomic E-state index is 12.6. The molecule has 0 unspecified atom stereocenters. The number of ether oxygens (including phenoxy) is 3. The van der Waals surface area contributed by atoms with Crippen LogP contribution in [0.2, 0.25) is 5.02 Å². The van der Waals surface area contributed by atoms with E-state index in [1.807, 2.05) is 0 Å². The van der Waals surface area contributed by atoms with Crippen LogP contribution in [0, 0.1) is 0 Å². The molecule has 0 saturated heterocycles. The molecule has 0 aliphatic carbocycles. The molecule has 0 fully saturated rings. The first kappa shape index (κ1) is 15.1. The van der Waals surface area contributed by atoms with Crippen LogP contribution in [0.3, 0.4) is 0 Å². The number of hydrogen-bond acceptors (Lipinski definition) is 6. The fourth-order valence-corrected chi connectivity index (χ4v) is 1.91. The van der Waals surface area contributed by atoms with Gasteiger partial charge in [0.05, 0.1) is 33.1 Å². The molecule has 0 atom stereocenters. The average molecular weight is 309 g/mol. The molecule has 1 heterocycles. The molecule has 21 heavy (non-hydrogen) atoms. The van der Waals surface area contributed by atoms with E-state index in [1.54, 1.807) is 12.1 Å². The number of hydrogen-bond donors (Lipinski definition) is 0. The van der Waals surface area contributed by atoms with Gasteiger partial charge in [0.25, 0.3) is 0 Å². The van der Waals surface area contributed by atoms with Crippen molar-refractivity contribution >= 4 is 17.4 Å². The molecule has 0 spiro atoms. The highest BCUT2D eigenvalue weighted by molar-refractivity contribution is 6.31. The van der Waals surface area contributed by atoms with Crippen molar-refractivity contribution in [3.63, 3.8) is 0 Å². The van der Waals surface area contributed by atoms with Crippen LogP contribution in [0.5, 0.6) is 17.5 Å². The highest BCUT2D eigenvalue weighted by Crippen LogP contribution is 2.27. The fourth-order valence-electron chi connectivity index (χ4n) is 1.74. The number of ketones is 1. The second kappa shape index (κ2) is 6.41. The minimum atomic E-state index is -0.402. The first-order valence-electron chi connectivity index (χ1n) is 5.94. The van der Waals surface area contributed by atoms with Crippen molar-refractivity contribution in [1.82, 2.24) is 9.97 Å². The Balaban J connectivity index is 2.52. The number of methoxy groups -OCH3 is 3. The van der Waals surface area contributed by atoms with E-state index in [0.29, 0.717) is 10.8 Å². The fraction of sp³-hybridized carbons (Fsp3) is 0.214. The first-order chi connectivity index (χ1) is 10.1. The Kier molecular flexibility index (Phi) is 4.59. The molecular weight excluding hydrogens is 296 g/mol. The Hall–Kier alpha value is -2.34. The van der Waals surface area contributed by atoms with E-state index in [2.05, 4.69) is 9.97 Å². The Labute approximate surface area is 126 Å². The molecule has 0 amide bonds. The zero-order valence-corrected chi connectivity index (χ0v) is 12.5. The van der Waals surface area contributed by atoms with Crippen LogP contribution in [-0.2, 0) is 0 Å². The minimum absolute atomic E-state index is 0.0545. The molecule has 0 aliphatic rings. The highest BCUT2D eigenvalue weighted by atomic mass is 35.5. The summed E-state index contributed by atoms with van der Waals surface area (Å²) in [5.41, 5.74) is 0.335. The standard InChI is InChI=1S/C14H13ClN2O4/c1-19-10-5-4-8(15)6-9(10)13(18)12-14(21-3)17-11(20-2)7-16-12/h4-7H,1-3H3. The Morgan fingerprint density at radius 3 is 2.52 bits per heavy atom. The third kappa shape index (κ3) is 3.05. The summed E-state index contributed by atoms with van der Waals surface area (Å²) >= 11 is 5.93. The largest absolute Gasteiger partial charge is 0.496 e. The predicted molar refractivity (Wildman–Crippen MR) is 76.6 cm³/mol. The van der Waals surface area contributed by atoms with Crippen molar-refractivity contribution < 1.29 is 19.0 Å². The van der Waals surface area contributed by atoms with Crippen molar-refractivity contribution in [2.75, 3.05) is 21.3 Å². The summed E-state index contributed by atoms with van der Waals surface area (Å²) in [5, 5.41) is 0.416. The zero-order valence-electron chi connectivity index (χ0n) is 11.7. The Morgan fingerprint density at radius 1 is 1.14 bits per heavy atom. The summed E-state index contributed by atoms with van der Waals surface area (Å²) in [6.45, 7) is 0. The lowest BCUT2D eigenvalue weighted by atomic mass is 10.1. The van der Waals surface area contributed by atoms with Crippen LogP contribution in [0.4, 0.5) is 0 Å². The molecule has 0 aliphatic heterocycles. The molecule has 110 valence electrons. The van der Waals surface area contributed by atoms with Gasteiger partial charge in [0, 0.05) is 5.02 Å². The van der Waals surface area contributed by atoms with Gasteiger partial charge in [-0.1, -0.05) is 11.6 Å². The molecule has 2 aromatic rings. The van der Waals surface area contributed by atoms with E-state index in [-0.39, 0.29) is 23.0 Å². The van der Waals surface area contributed by atoms with Gasteiger partial charge in [-0.15, -0.1) is 0 Å². The van der Waals surface area contributed by atoms with E-state index in [9.17, 15) is 4.79 Å². The van der Waals surface area contributed by atoms with Gasteiger partial charge in [0.1, 0.15) is 5.75 Å². The molecular formula is C14H13ClN2O4. The van der Waals surface area contributed by atoms with Gasteiger partial charge in [-0.3, -0.25) is 4.79 Å². The van der Waals surface area contributed by atoms with Gasteiger partial charge < -0.3 is 14.2 Å². The second-order valence-corrected chi connectivity index (χ2v) is 4.38. The van der Waals surface area contributed by atoms with E-state index in [4.69, 9.17) is 25.8 Å². The second-order valence-electron chi connectivity index (χ2n) is 3.94. The van der Waals surface area contributed by atoms with Crippen LogP contribution >= 0.6 is 11.6 Å². The van der Waals surface area contributed by atoms with E-state index in [0.717, 1.165) is 0 Å². The summed E-state index contributed by atoms with van der Waals surface area (Å²) in [5.74, 6) is 0.313. The summed E-state index contributed by atoms with van der Waals surface area (Å²) < 4.78 is 15.2. The number of carbonyl (C=O) groups is 1. The van der Waals surface area contributed by atoms with Crippen LogP contribution in [0.1, 0.15) is 16.1 Å². The van der Waals surface area contributed by atoms with Gasteiger partial charge in [-0.2, -0.15) is 4.98 Å². The molecule has 6 nitrogen and oxygen atoms in total. The van der Waals surface area contributed by atoms with Crippen molar-refractivity contribution in [2.24, 2.45) is 0 Å². The number of carbonyl (C=O) groups excluding carboxylic acids is 1.